The van der Waals surface area contributed by atoms with Crippen molar-refractivity contribution < 1.29 is 14.6 Å². The Hall–Kier alpha value is -2.33. The number of nitrogens with zero attached hydrogens (tertiary/aromatic N) is 1. The number of ether oxygens (including phenoxy) is 1. The van der Waals surface area contributed by atoms with Crippen LogP contribution in [0.25, 0.3) is 11.1 Å². The number of carboxylic acids is 1. The third kappa shape index (κ3) is 3.85. The molecule has 1 unspecified atom stereocenters. The van der Waals surface area contributed by atoms with Gasteiger partial charge in [-0.1, -0.05) is 30.7 Å². The maximum atomic E-state index is 11.6. The molecule has 1 N–H and O–H groups in total. The summed E-state index contributed by atoms with van der Waals surface area (Å²) < 4.78 is 5.14. The minimum Gasteiger partial charge on any atom is -0.497 e. The Morgan fingerprint density at radius 2 is 1.76 bits per heavy atom. The van der Waals surface area contributed by atoms with Crippen LogP contribution in [0, 0.1) is 0 Å². The van der Waals surface area contributed by atoms with Crippen LogP contribution in [0.2, 0.25) is 0 Å². The number of rotatable bonds is 5. The van der Waals surface area contributed by atoms with Crippen LogP contribution in [0.4, 0.5) is 0 Å². The summed E-state index contributed by atoms with van der Waals surface area (Å²) in [6.07, 6.45) is 3.88. The third-order valence-electron chi connectivity index (χ3n) is 5.10. The highest BCUT2D eigenvalue weighted by atomic mass is 16.5. The maximum Gasteiger partial charge on any atom is 0.336 e. The van der Waals surface area contributed by atoms with E-state index in [-0.39, 0.29) is 5.56 Å². The molecule has 4 heteroatoms. The second kappa shape index (κ2) is 7.70. The van der Waals surface area contributed by atoms with Crippen LogP contribution < -0.4 is 4.74 Å². The number of aromatic carboxylic acids is 1. The molecule has 0 saturated carbocycles. The van der Waals surface area contributed by atoms with Gasteiger partial charge in [-0.3, -0.25) is 4.90 Å². The van der Waals surface area contributed by atoms with Gasteiger partial charge in [-0.2, -0.15) is 0 Å². The lowest BCUT2D eigenvalue weighted by Gasteiger charge is -2.32. The van der Waals surface area contributed by atoms with Gasteiger partial charge in [-0.15, -0.1) is 0 Å². The van der Waals surface area contributed by atoms with Gasteiger partial charge in [0.05, 0.1) is 12.7 Å². The summed E-state index contributed by atoms with van der Waals surface area (Å²) >= 11 is 0. The molecule has 0 bridgehead atoms. The average molecular weight is 339 g/mol. The van der Waals surface area contributed by atoms with Crippen molar-refractivity contribution in [3.63, 3.8) is 0 Å². The van der Waals surface area contributed by atoms with E-state index in [0.717, 1.165) is 18.7 Å². The molecule has 25 heavy (non-hydrogen) atoms. The van der Waals surface area contributed by atoms with Gasteiger partial charge in [-0.05, 0) is 67.7 Å². The normalized spacial score (nSPS) is 16.4. The Labute approximate surface area is 149 Å². The summed E-state index contributed by atoms with van der Waals surface area (Å²) in [7, 11) is 1.54. The molecule has 1 saturated heterocycles. The molecule has 132 valence electrons. The zero-order chi connectivity index (χ0) is 17.8. The number of hydrogen-bond donors (Lipinski definition) is 1. The van der Waals surface area contributed by atoms with E-state index in [1.54, 1.807) is 12.1 Å². The van der Waals surface area contributed by atoms with Gasteiger partial charge in [0.25, 0.3) is 0 Å². The van der Waals surface area contributed by atoms with Crippen LogP contribution in [0.3, 0.4) is 0 Å². The number of methoxy groups -OCH3 is 1. The predicted molar refractivity (Wildman–Crippen MR) is 99.2 cm³/mol. The van der Waals surface area contributed by atoms with Crippen LogP contribution >= 0.6 is 0 Å². The van der Waals surface area contributed by atoms with Crippen molar-refractivity contribution in [1.82, 2.24) is 4.90 Å². The highest BCUT2D eigenvalue weighted by Gasteiger charge is 2.18. The minimum absolute atomic E-state index is 0.260. The van der Waals surface area contributed by atoms with Crippen molar-refractivity contribution in [2.24, 2.45) is 0 Å². The first-order valence-corrected chi connectivity index (χ1v) is 8.86. The summed E-state index contributed by atoms with van der Waals surface area (Å²) in [5.41, 5.74) is 3.16. The van der Waals surface area contributed by atoms with Crippen LogP contribution in [-0.2, 0) is 0 Å². The molecule has 1 atom stereocenters. The largest absolute Gasteiger partial charge is 0.497 e. The van der Waals surface area contributed by atoms with Crippen molar-refractivity contribution in [3.8, 4) is 16.9 Å². The van der Waals surface area contributed by atoms with Gasteiger partial charge in [0.2, 0.25) is 0 Å². The summed E-state index contributed by atoms with van der Waals surface area (Å²) in [4.78, 5) is 14.1. The van der Waals surface area contributed by atoms with Gasteiger partial charge in [-0.25, -0.2) is 4.79 Å². The lowest BCUT2D eigenvalue weighted by Crippen LogP contribution is -2.32. The summed E-state index contributed by atoms with van der Waals surface area (Å²) in [5.74, 6) is -0.392. The molecule has 2 aromatic carbocycles. The number of likely N-dealkylation sites (tertiary alicyclic amines) is 1. The fourth-order valence-corrected chi connectivity index (χ4v) is 3.54. The fraction of sp³-hybridized carbons (Fsp3) is 0.381. The molecule has 1 heterocycles. The van der Waals surface area contributed by atoms with Crippen molar-refractivity contribution in [2.45, 2.75) is 32.2 Å². The van der Waals surface area contributed by atoms with Gasteiger partial charge < -0.3 is 9.84 Å². The van der Waals surface area contributed by atoms with E-state index in [9.17, 15) is 9.90 Å². The highest BCUT2D eigenvalue weighted by molar-refractivity contribution is 5.96. The van der Waals surface area contributed by atoms with Gasteiger partial charge in [0, 0.05) is 6.04 Å². The van der Waals surface area contributed by atoms with Crippen LogP contribution in [-0.4, -0.2) is 36.2 Å². The Morgan fingerprint density at radius 3 is 2.36 bits per heavy atom. The molecule has 1 aliphatic heterocycles. The minimum atomic E-state index is -0.945. The molecule has 1 aliphatic rings. The van der Waals surface area contributed by atoms with E-state index >= 15 is 0 Å². The molecule has 4 nitrogen and oxygen atoms in total. The molecule has 2 aromatic rings. The number of carboxylic acid groups (broad SMARTS) is 1. The SMILES string of the molecule is COc1ccc(-c2ccc(C(C)N3CCCCC3)cc2)c(C(=O)O)c1. The quantitative estimate of drug-likeness (QED) is 0.864. The Kier molecular flexibility index (Phi) is 5.39. The molecule has 0 spiro atoms. The van der Waals surface area contributed by atoms with Gasteiger partial charge in [0.1, 0.15) is 5.75 Å². The van der Waals surface area contributed by atoms with E-state index in [0.29, 0.717) is 17.4 Å². The van der Waals surface area contributed by atoms with E-state index in [4.69, 9.17) is 4.74 Å². The first-order chi connectivity index (χ1) is 12.1. The van der Waals surface area contributed by atoms with Crippen LogP contribution in [0.15, 0.2) is 42.5 Å². The van der Waals surface area contributed by atoms with E-state index in [2.05, 4.69) is 24.0 Å². The van der Waals surface area contributed by atoms with Gasteiger partial charge >= 0.3 is 5.97 Å². The molecule has 0 amide bonds. The van der Waals surface area contributed by atoms with Crippen molar-refractivity contribution in [2.75, 3.05) is 20.2 Å². The van der Waals surface area contributed by atoms with Crippen LogP contribution in [0.5, 0.6) is 5.75 Å². The molecule has 0 aromatic heterocycles. The van der Waals surface area contributed by atoms with Crippen molar-refractivity contribution in [3.05, 3.63) is 53.6 Å². The van der Waals surface area contributed by atoms with E-state index in [1.165, 1.54) is 31.9 Å². The monoisotopic (exact) mass is 339 g/mol. The second-order valence-corrected chi connectivity index (χ2v) is 6.61. The van der Waals surface area contributed by atoms with Gasteiger partial charge in [0.15, 0.2) is 0 Å². The maximum absolute atomic E-state index is 11.6. The lowest BCUT2D eigenvalue weighted by atomic mass is 9.96. The standard InChI is InChI=1S/C21H25NO3/c1-15(22-12-4-3-5-13-22)16-6-8-17(9-7-16)19-11-10-18(25-2)14-20(19)21(23)24/h6-11,14-15H,3-5,12-13H2,1-2H3,(H,23,24). The predicted octanol–water partition coefficient (Wildman–Crippen LogP) is 4.61. The van der Waals surface area contributed by atoms with Crippen molar-refractivity contribution in [1.29, 1.82) is 0 Å². The Bertz CT molecular complexity index is 733. The Morgan fingerprint density at radius 1 is 1.08 bits per heavy atom. The first kappa shape index (κ1) is 17.5. The Balaban J connectivity index is 1.86. The zero-order valence-corrected chi connectivity index (χ0v) is 14.9. The molecular weight excluding hydrogens is 314 g/mol. The molecule has 0 aliphatic carbocycles. The number of carbonyl (C=O) groups is 1. The zero-order valence-electron chi connectivity index (χ0n) is 14.9. The molecule has 0 radical (unpaired) electrons. The molecule has 1 fully saturated rings. The van der Waals surface area contributed by atoms with E-state index < -0.39 is 5.97 Å². The van der Waals surface area contributed by atoms with E-state index in [1.807, 2.05) is 18.2 Å². The number of benzene rings is 2. The summed E-state index contributed by atoms with van der Waals surface area (Å²) in [6, 6.07) is 13.8. The highest BCUT2D eigenvalue weighted by Crippen LogP contribution is 2.30. The number of hydrogen-bond acceptors (Lipinski definition) is 3. The van der Waals surface area contributed by atoms with Crippen molar-refractivity contribution >= 4 is 5.97 Å². The smallest absolute Gasteiger partial charge is 0.336 e. The summed E-state index contributed by atoms with van der Waals surface area (Å²) in [5, 5.41) is 9.50. The number of piperidine rings is 1. The first-order valence-electron chi connectivity index (χ1n) is 8.86. The fourth-order valence-electron chi connectivity index (χ4n) is 3.54. The second-order valence-electron chi connectivity index (χ2n) is 6.61. The summed E-state index contributed by atoms with van der Waals surface area (Å²) in [6.45, 7) is 4.56. The average Bonchev–Trinajstić information content (AvgIpc) is 2.67. The molecule has 3 rings (SSSR count). The third-order valence-corrected chi connectivity index (χ3v) is 5.10. The van der Waals surface area contributed by atoms with Crippen LogP contribution in [0.1, 0.15) is 48.1 Å². The topological polar surface area (TPSA) is 49.8 Å². The molecular formula is C21H25NO3. The lowest BCUT2D eigenvalue weighted by molar-refractivity contribution is 0.0697.